The summed E-state index contributed by atoms with van der Waals surface area (Å²) in [6, 6.07) is 2.77. The largest absolute Gasteiger partial charge is 0.393 e. The Hall–Kier alpha value is -1.24. The lowest BCUT2D eigenvalue weighted by Gasteiger charge is -2.41. The van der Waals surface area contributed by atoms with Crippen molar-refractivity contribution >= 4 is 5.82 Å². The minimum atomic E-state index is -0.146. The molecule has 0 amide bonds. The molecule has 0 spiro atoms. The Balaban J connectivity index is 1.33. The molecule has 1 aliphatic carbocycles. The predicted molar refractivity (Wildman–Crippen MR) is 92.1 cm³/mol. The Labute approximate surface area is 143 Å². The minimum absolute atomic E-state index is 0.0918. The van der Waals surface area contributed by atoms with Crippen LogP contribution < -0.4 is 4.90 Å². The van der Waals surface area contributed by atoms with E-state index in [1.165, 1.54) is 0 Å². The number of aromatic nitrogens is 2. The van der Waals surface area contributed by atoms with Crippen molar-refractivity contribution in [1.82, 2.24) is 14.9 Å². The number of aliphatic hydroxyl groups excluding tert-OH is 2. The summed E-state index contributed by atoms with van der Waals surface area (Å²) in [5, 5.41) is 19.2. The summed E-state index contributed by atoms with van der Waals surface area (Å²) in [7, 11) is 0. The van der Waals surface area contributed by atoms with E-state index in [0.717, 1.165) is 76.2 Å². The van der Waals surface area contributed by atoms with Gasteiger partial charge in [0.05, 0.1) is 12.2 Å². The van der Waals surface area contributed by atoms with Gasteiger partial charge in [-0.15, -0.1) is 0 Å². The number of hydrogen-bond acceptors (Lipinski definition) is 6. The summed E-state index contributed by atoms with van der Waals surface area (Å²) in [5.74, 6) is 1.44. The van der Waals surface area contributed by atoms with Crippen molar-refractivity contribution in [3.05, 3.63) is 18.1 Å². The summed E-state index contributed by atoms with van der Waals surface area (Å²) in [6.07, 6.45) is 7.27. The van der Waals surface area contributed by atoms with Crippen LogP contribution in [-0.4, -0.2) is 69.5 Å². The summed E-state index contributed by atoms with van der Waals surface area (Å²) in [6.45, 7) is 4.14. The second-order valence-corrected chi connectivity index (χ2v) is 7.61. The van der Waals surface area contributed by atoms with Crippen LogP contribution in [0.2, 0.25) is 0 Å². The van der Waals surface area contributed by atoms with Gasteiger partial charge in [0.25, 0.3) is 0 Å². The lowest BCUT2D eigenvalue weighted by molar-refractivity contribution is 0.0541. The van der Waals surface area contributed by atoms with Gasteiger partial charge in [-0.1, -0.05) is 0 Å². The van der Waals surface area contributed by atoms with Gasteiger partial charge in [0.2, 0.25) is 0 Å². The van der Waals surface area contributed by atoms with Crippen molar-refractivity contribution in [2.75, 3.05) is 31.1 Å². The van der Waals surface area contributed by atoms with Crippen LogP contribution in [0.15, 0.2) is 12.4 Å². The maximum absolute atomic E-state index is 9.66. The van der Waals surface area contributed by atoms with Gasteiger partial charge in [-0.25, -0.2) is 9.97 Å². The second-order valence-electron chi connectivity index (χ2n) is 7.61. The maximum atomic E-state index is 9.66. The molecule has 1 aromatic rings. The highest BCUT2D eigenvalue weighted by atomic mass is 16.3. The number of likely N-dealkylation sites (tertiary alicyclic amines) is 1. The molecular weight excluding hydrogens is 304 g/mol. The quantitative estimate of drug-likeness (QED) is 0.865. The summed E-state index contributed by atoms with van der Waals surface area (Å²) in [4.78, 5) is 13.8. The molecule has 0 aromatic carbocycles. The summed E-state index contributed by atoms with van der Waals surface area (Å²) < 4.78 is 0. The fourth-order valence-electron chi connectivity index (χ4n) is 4.30. The Kier molecular flexibility index (Phi) is 4.70. The minimum Gasteiger partial charge on any atom is -0.393 e. The van der Waals surface area contributed by atoms with E-state index in [0.29, 0.717) is 12.0 Å². The SMILES string of the molecule is OC1CCN(C2CCN(c3cc(C4CC(O)C4)ncn3)CC2)CC1. The van der Waals surface area contributed by atoms with Gasteiger partial charge in [0.1, 0.15) is 12.1 Å². The third-order valence-electron chi connectivity index (χ3n) is 6.01. The van der Waals surface area contributed by atoms with E-state index in [9.17, 15) is 10.2 Å². The van der Waals surface area contributed by atoms with Crippen LogP contribution in [0.5, 0.6) is 0 Å². The Morgan fingerprint density at radius 3 is 2.25 bits per heavy atom. The number of piperidine rings is 2. The van der Waals surface area contributed by atoms with Gasteiger partial charge in [0.15, 0.2) is 0 Å². The Morgan fingerprint density at radius 1 is 0.875 bits per heavy atom. The number of nitrogens with zero attached hydrogens (tertiary/aromatic N) is 4. The third-order valence-corrected chi connectivity index (χ3v) is 6.01. The highest BCUT2D eigenvalue weighted by Gasteiger charge is 2.31. The first-order valence-electron chi connectivity index (χ1n) is 9.36. The molecule has 0 unspecified atom stereocenters. The molecule has 3 fully saturated rings. The van der Waals surface area contributed by atoms with Gasteiger partial charge in [-0.05, 0) is 38.5 Å². The molecular formula is C18H28N4O2. The van der Waals surface area contributed by atoms with E-state index in [1.807, 2.05) is 0 Å². The molecule has 0 bridgehead atoms. The van der Waals surface area contributed by atoms with Crippen molar-refractivity contribution in [3.63, 3.8) is 0 Å². The third kappa shape index (κ3) is 3.41. The number of anilines is 1. The van der Waals surface area contributed by atoms with Crippen molar-refractivity contribution in [1.29, 1.82) is 0 Å². The van der Waals surface area contributed by atoms with Gasteiger partial charge >= 0.3 is 0 Å². The second kappa shape index (κ2) is 6.94. The fraction of sp³-hybridized carbons (Fsp3) is 0.778. The molecule has 0 radical (unpaired) electrons. The molecule has 1 aromatic heterocycles. The smallest absolute Gasteiger partial charge is 0.132 e. The van der Waals surface area contributed by atoms with Crippen molar-refractivity contribution in [2.24, 2.45) is 0 Å². The van der Waals surface area contributed by atoms with E-state index in [4.69, 9.17) is 0 Å². The van der Waals surface area contributed by atoms with Crippen LogP contribution in [-0.2, 0) is 0 Å². The number of hydrogen-bond donors (Lipinski definition) is 2. The standard InChI is InChI=1S/C18H28N4O2/c23-15-3-7-21(8-4-15)14-1-5-22(6-2-14)18-11-17(19-12-20-18)13-9-16(24)10-13/h11-16,23-24H,1-10H2. The van der Waals surface area contributed by atoms with E-state index in [2.05, 4.69) is 25.8 Å². The average molecular weight is 332 g/mol. The topological polar surface area (TPSA) is 72.7 Å². The number of aliphatic hydroxyl groups is 2. The molecule has 2 aliphatic heterocycles. The Morgan fingerprint density at radius 2 is 1.58 bits per heavy atom. The lowest BCUT2D eigenvalue weighted by atomic mass is 9.80. The van der Waals surface area contributed by atoms with E-state index in [-0.39, 0.29) is 12.2 Å². The summed E-state index contributed by atoms with van der Waals surface area (Å²) >= 11 is 0. The van der Waals surface area contributed by atoms with Gasteiger partial charge < -0.3 is 20.0 Å². The average Bonchev–Trinajstić information content (AvgIpc) is 2.60. The summed E-state index contributed by atoms with van der Waals surface area (Å²) in [5.41, 5.74) is 1.08. The first-order valence-corrected chi connectivity index (χ1v) is 9.36. The van der Waals surface area contributed by atoms with Crippen molar-refractivity contribution in [3.8, 4) is 0 Å². The fourth-order valence-corrected chi connectivity index (χ4v) is 4.30. The molecule has 132 valence electrons. The van der Waals surface area contributed by atoms with Gasteiger partial charge in [0, 0.05) is 49.9 Å². The Bertz CT molecular complexity index is 548. The van der Waals surface area contributed by atoms with Gasteiger partial charge in [-0.3, -0.25) is 0 Å². The van der Waals surface area contributed by atoms with E-state index in [1.54, 1.807) is 6.33 Å². The first kappa shape index (κ1) is 16.2. The van der Waals surface area contributed by atoms with E-state index >= 15 is 0 Å². The van der Waals surface area contributed by atoms with Crippen LogP contribution in [0.4, 0.5) is 5.82 Å². The molecule has 6 heteroatoms. The van der Waals surface area contributed by atoms with E-state index < -0.39 is 0 Å². The normalized spacial score (nSPS) is 30.3. The molecule has 3 aliphatic rings. The van der Waals surface area contributed by atoms with Crippen molar-refractivity contribution in [2.45, 2.75) is 62.7 Å². The van der Waals surface area contributed by atoms with Crippen LogP contribution in [0.1, 0.15) is 50.1 Å². The zero-order valence-electron chi connectivity index (χ0n) is 14.2. The number of rotatable bonds is 3. The lowest BCUT2D eigenvalue weighted by Crippen LogP contribution is -2.48. The zero-order chi connectivity index (χ0) is 16.5. The molecule has 0 atom stereocenters. The zero-order valence-corrected chi connectivity index (χ0v) is 14.2. The first-order chi connectivity index (χ1) is 11.7. The van der Waals surface area contributed by atoms with Crippen LogP contribution >= 0.6 is 0 Å². The maximum Gasteiger partial charge on any atom is 0.132 e. The van der Waals surface area contributed by atoms with Gasteiger partial charge in [-0.2, -0.15) is 0 Å². The monoisotopic (exact) mass is 332 g/mol. The molecule has 6 nitrogen and oxygen atoms in total. The molecule has 3 heterocycles. The molecule has 1 saturated carbocycles. The highest BCUT2D eigenvalue weighted by molar-refractivity contribution is 5.40. The molecule has 2 saturated heterocycles. The molecule has 2 N–H and O–H groups in total. The predicted octanol–water partition coefficient (Wildman–Crippen LogP) is 1.14. The van der Waals surface area contributed by atoms with Crippen molar-refractivity contribution < 1.29 is 10.2 Å². The van der Waals surface area contributed by atoms with Crippen LogP contribution in [0, 0.1) is 0 Å². The van der Waals surface area contributed by atoms with Crippen LogP contribution in [0.3, 0.4) is 0 Å². The highest BCUT2D eigenvalue weighted by Crippen LogP contribution is 2.36. The molecule has 24 heavy (non-hydrogen) atoms. The molecule has 4 rings (SSSR count). The van der Waals surface area contributed by atoms with Crippen LogP contribution in [0.25, 0.3) is 0 Å².